The maximum absolute atomic E-state index is 5.85. The maximum atomic E-state index is 5.85. The summed E-state index contributed by atoms with van der Waals surface area (Å²) in [5.74, 6) is 0. The summed E-state index contributed by atoms with van der Waals surface area (Å²) in [7, 11) is 0. The summed E-state index contributed by atoms with van der Waals surface area (Å²) in [5, 5.41) is 1.88. The highest BCUT2D eigenvalue weighted by Gasteiger charge is 2.15. The van der Waals surface area contributed by atoms with Gasteiger partial charge in [-0.2, -0.15) is 0 Å². The standard InChI is InChI=1S/C10H14N2O/c1-8-3-4-9(11)10(7-8)12-5-2-6-13-12/h3-4,7H,2,5-6,11H2,1H3. The Balaban J connectivity index is 2.32. The second kappa shape index (κ2) is 3.26. The molecule has 1 aliphatic heterocycles. The molecule has 2 rings (SSSR count). The lowest BCUT2D eigenvalue weighted by molar-refractivity contribution is 0.168. The van der Waals surface area contributed by atoms with Gasteiger partial charge in [0.15, 0.2) is 0 Å². The Labute approximate surface area is 78.1 Å². The first-order valence-corrected chi connectivity index (χ1v) is 4.54. The van der Waals surface area contributed by atoms with Crippen LogP contribution in [-0.2, 0) is 4.84 Å². The van der Waals surface area contributed by atoms with Crippen LogP contribution in [0.5, 0.6) is 0 Å². The molecular weight excluding hydrogens is 164 g/mol. The Morgan fingerprint density at radius 3 is 3.00 bits per heavy atom. The molecule has 1 saturated heterocycles. The van der Waals surface area contributed by atoms with Gasteiger partial charge in [-0.15, -0.1) is 0 Å². The average Bonchev–Trinajstić information content (AvgIpc) is 2.61. The van der Waals surface area contributed by atoms with Crippen LogP contribution < -0.4 is 10.8 Å². The van der Waals surface area contributed by atoms with Gasteiger partial charge in [-0.1, -0.05) is 6.07 Å². The van der Waals surface area contributed by atoms with Crippen molar-refractivity contribution in [2.45, 2.75) is 13.3 Å². The minimum absolute atomic E-state index is 0.785. The predicted molar refractivity (Wildman–Crippen MR) is 53.5 cm³/mol. The predicted octanol–water partition coefficient (Wildman–Crippen LogP) is 1.72. The molecule has 0 radical (unpaired) electrons. The molecule has 70 valence electrons. The van der Waals surface area contributed by atoms with Crippen LogP contribution in [0.1, 0.15) is 12.0 Å². The third-order valence-corrected chi connectivity index (χ3v) is 2.21. The lowest BCUT2D eigenvalue weighted by atomic mass is 10.2. The van der Waals surface area contributed by atoms with Crippen molar-refractivity contribution in [3.05, 3.63) is 23.8 Å². The van der Waals surface area contributed by atoms with Gasteiger partial charge in [0.25, 0.3) is 0 Å². The Bertz CT molecular complexity index is 306. The van der Waals surface area contributed by atoms with Gasteiger partial charge in [0.05, 0.1) is 18.0 Å². The van der Waals surface area contributed by atoms with Crippen LogP contribution in [0.3, 0.4) is 0 Å². The number of aryl methyl sites for hydroxylation is 1. The van der Waals surface area contributed by atoms with E-state index >= 15 is 0 Å². The molecule has 1 heterocycles. The lowest BCUT2D eigenvalue weighted by Gasteiger charge is -2.18. The molecular formula is C10H14N2O. The minimum Gasteiger partial charge on any atom is -0.397 e. The molecule has 2 N–H and O–H groups in total. The molecule has 1 fully saturated rings. The number of benzene rings is 1. The molecule has 1 aliphatic rings. The van der Waals surface area contributed by atoms with E-state index in [0.29, 0.717) is 0 Å². The Kier molecular flexibility index (Phi) is 2.10. The number of hydrogen-bond donors (Lipinski definition) is 1. The van der Waals surface area contributed by atoms with Gasteiger partial charge in [0.1, 0.15) is 0 Å². The van der Waals surface area contributed by atoms with Crippen molar-refractivity contribution in [3.8, 4) is 0 Å². The smallest absolute Gasteiger partial charge is 0.0868 e. The zero-order valence-corrected chi connectivity index (χ0v) is 7.79. The monoisotopic (exact) mass is 178 g/mol. The van der Waals surface area contributed by atoms with Crippen LogP contribution in [0.15, 0.2) is 18.2 Å². The fraction of sp³-hybridized carbons (Fsp3) is 0.400. The van der Waals surface area contributed by atoms with E-state index in [2.05, 4.69) is 13.0 Å². The van der Waals surface area contributed by atoms with Crippen molar-refractivity contribution < 1.29 is 4.84 Å². The first kappa shape index (κ1) is 8.38. The molecule has 0 bridgehead atoms. The molecule has 1 aromatic carbocycles. The second-order valence-electron chi connectivity index (χ2n) is 3.35. The summed E-state index contributed by atoms with van der Waals surface area (Å²) >= 11 is 0. The quantitative estimate of drug-likeness (QED) is 0.665. The zero-order chi connectivity index (χ0) is 9.26. The molecule has 0 amide bonds. The number of rotatable bonds is 1. The fourth-order valence-corrected chi connectivity index (χ4v) is 1.51. The summed E-state index contributed by atoms with van der Waals surface area (Å²) in [5.41, 5.74) is 8.84. The molecule has 0 saturated carbocycles. The zero-order valence-electron chi connectivity index (χ0n) is 7.79. The number of anilines is 2. The van der Waals surface area contributed by atoms with Crippen molar-refractivity contribution in [2.75, 3.05) is 23.9 Å². The van der Waals surface area contributed by atoms with E-state index in [9.17, 15) is 0 Å². The third kappa shape index (κ3) is 1.60. The topological polar surface area (TPSA) is 38.5 Å². The van der Waals surface area contributed by atoms with Crippen molar-refractivity contribution in [1.82, 2.24) is 0 Å². The highest BCUT2D eigenvalue weighted by Crippen LogP contribution is 2.26. The summed E-state index contributed by atoms with van der Waals surface area (Å²) in [6.07, 6.45) is 1.08. The van der Waals surface area contributed by atoms with Crippen molar-refractivity contribution in [3.63, 3.8) is 0 Å². The van der Waals surface area contributed by atoms with Crippen LogP contribution in [0.25, 0.3) is 0 Å². The van der Waals surface area contributed by atoms with Crippen LogP contribution in [0.4, 0.5) is 11.4 Å². The van der Waals surface area contributed by atoms with Gasteiger partial charge in [0.2, 0.25) is 0 Å². The number of nitrogen functional groups attached to an aromatic ring is 1. The number of hydrogen-bond acceptors (Lipinski definition) is 3. The van der Waals surface area contributed by atoms with Crippen molar-refractivity contribution >= 4 is 11.4 Å². The normalized spacial score (nSPS) is 16.5. The van der Waals surface area contributed by atoms with E-state index in [1.807, 2.05) is 17.2 Å². The molecule has 13 heavy (non-hydrogen) atoms. The van der Waals surface area contributed by atoms with Crippen LogP contribution in [0.2, 0.25) is 0 Å². The van der Waals surface area contributed by atoms with E-state index in [4.69, 9.17) is 10.6 Å². The van der Waals surface area contributed by atoms with Gasteiger partial charge in [-0.3, -0.25) is 9.90 Å². The number of nitrogens with zero attached hydrogens (tertiary/aromatic N) is 1. The first-order valence-electron chi connectivity index (χ1n) is 4.54. The Hall–Kier alpha value is -1.22. The molecule has 0 atom stereocenters. The summed E-state index contributed by atoms with van der Waals surface area (Å²) in [4.78, 5) is 5.43. The second-order valence-corrected chi connectivity index (χ2v) is 3.35. The maximum Gasteiger partial charge on any atom is 0.0868 e. The molecule has 3 heteroatoms. The molecule has 0 spiro atoms. The fourth-order valence-electron chi connectivity index (χ4n) is 1.51. The largest absolute Gasteiger partial charge is 0.397 e. The highest BCUT2D eigenvalue weighted by molar-refractivity contribution is 5.67. The van der Waals surface area contributed by atoms with Crippen LogP contribution in [0, 0.1) is 6.92 Å². The van der Waals surface area contributed by atoms with E-state index in [-0.39, 0.29) is 0 Å². The van der Waals surface area contributed by atoms with E-state index < -0.39 is 0 Å². The van der Waals surface area contributed by atoms with Gasteiger partial charge < -0.3 is 5.73 Å². The molecule has 0 aliphatic carbocycles. The van der Waals surface area contributed by atoms with Gasteiger partial charge in [-0.25, -0.2) is 0 Å². The first-order chi connectivity index (χ1) is 6.27. The SMILES string of the molecule is Cc1ccc(N)c(N2CCCO2)c1. The Morgan fingerprint density at radius 1 is 1.46 bits per heavy atom. The van der Waals surface area contributed by atoms with Crippen LogP contribution in [-0.4, -0.2) is 13.2 Å². The van der Waals surface area contributed by atoms with E-state index in [1.165, 1.54) is 5.56 Å². The van der Waals surface area contributed by atoms with Crippen LogP contribution >= 0.6 is 0 Å². The summed E-state index contributed by atoms with van der Waals surface area (Å²) in [6.45, 7) is 3.79. The molecule has 0 aromatic heterocycles. The number of nitrogens with two attached hydrogens (primary N) is 1. The van der Waals surface area contributed by atoms with Gasteiger partial charge in [0, 0.05) is 6.54 Å². The van der Waals surface area contributed by atoms with Gasteiger partial charge >= 0.3 is 0 Å². The minimum atomic E-state index is 0.785. The summed E-state index contributed by atoms with van der Waals surface area (Å²) < 4.78 is 0. The summed E-state index contributed by atoms with van der Waals surface area (Å²) in [6, 6.07) is 5.99. The third-order valence-electron chi connectivity index (χ3n) is 2.21. The Morgan fingerprint density at radius 2 is 2.31 bits per heavy atom. The average molecular weight is 178 g/mol. The molecule has 3 nitrogen and oxygen atoms in total. The molecule has 0 unspecified atom stereocenters. The lowest BCUT2D eigenvalue weighted by Crippen LogP contribution is -2.17. The highest BCUT2D eigenvalue weighted by atomic mass is 16.7. The van der Waals surface area contributed by atoms with E-state index in [0.717, 1.165) is 30.9 Å². The van der Waals surface area contributed by atoms with Gasteiger partial charge in [-0.05, 0) is 31.0 Å². The van der Waals surface area contributed by atoms with Crippen molar-refractivity contribution in [2.24, 2.45) is 0 Å². The van der Waals surface area contributed by atoms with Crippen molar-refractivity contribution in [1.29, 1.82) is 0 Å². The van der Waals surface area contributed by atoms with E-state index in [1.54, 1.807) is 0 Å². The molecule has 1 aromatic rings. The number of hydroxylamine groups is 1.